The number of hydrogen-bond acceptors (Lipinski definition) is 4. The first-order valence-corrected chi connectivity index (χ1v) is 48.9. The third-order valence-electron chi connectivity index (χ3n) is 32.6. The Bertz CT molecular complexity index is 6830. The van der Waals surface area contributed by atoms with E-state index in [1.54, 1.807) is 5.56 Å². The summed E-state index contributed by atoms with van der Waals surface area (Å²) in [4.78, 5) is 8.19. The van der Waals surface area contributed by atoms with Gasteiger partial charge in [-0.25, -0.2) is 0 Å². The van der Waals surface area contributed by atoms with Crippen molar-refractivity contribution < 1.29 is 0 Å². The van der Waals surface area contributed by atoms with E-state index in [1.165, 1.54) is 229 Å². The van der Waals surface area contributed by atoms with Crippen molar-refractivity contribution in [3.8, 4) is 11.4 Å². The van der Waals surface area contributed by atoms with E-state index < -0.39 is 0 Å². The second kappa shape index (κ2) is 28.9. The van der Waals surface area contributed by atoms with Gasteiger partial charge in [0.2, 0.25) is 0 Å². The fourth-order valence-electron chi connectivity index (χ4n) is 24.5. The average Bonchev–Trinajstić information content (AvgIpc) is 1.58. The lowest BCUT2D eigenvalue weighted by Crippen LogP contribution is -2.64. The molecule has 8 aliphatic rings. The van der Waals surface area contributed by atoms with Crippen LogP contribution in [0.3, 0.4) is 0 Å². The maximum atomic E-state index is 7.16. The molecule has 9 heteroatoms. The van der Waals surface area contributed by atoms with Crippen molar-refractivity contribution in [1.82, 2.24) is 9.13 Å². The van der Waals surface area contributed by atoms with Crippen LogP contribution in [0.2, 0.25) is 5.02 Å². The van der Waals surface area contributed by atoms with Crippen LogP contribution in [0.25, 0.3) is 55.0 Å². The van der Waals surface area contributed by atoms with Gasteiger partial charge in [0, 0.05) is 105 Å². The second-order valence-electron chi connectivity index (χ2n) is 49.2. The largest absolute Gasteiger partial charge is 0.356 e. The summed E-state index contributed by atoms with van der Waals surface area (Å²) in [6.45, 7) is 66.1. The minimum Gasteiger partial charge on any atom is -0.356 e. The van der Waals surface area contributed by atoms with Gasteiger partial charge in [0.15, 0.2) is 0 Å². The van der Waals surface area contributed by atoms with Crippen LogP contribution < -0.4 is 52.8 Å². The van der Waals surface area contributed by atoms with Crippen LogP contribution >= 0.6 is 11.6 Å². The van der Waals surface area contributed by atoms with Gasteiger partial charge in [-0.05, 0) is 280 Å². The van der Waals surface area contributed by atoms with E-state index in [9.17, 15) is 0 Å². The summed E-state index contributed by atoms with van der Waals surface area (Å²) in [5.41, 5.74) is 42.7. The Morgan fingerprint density at radius 2 is 0.612 bits per heavy atom. The Hall–Kier alpha value is -10.1. The van der Waals surface area contributed by atoms with Gasteiger partial charge in [-0.15, -0.1) is 0 Å². The molecule has 2 aliphatic carbocycles. The van der Waals surface area contributed by atoms with Crippen molar-refractivity contribution in [3.05, 3.63) is 279 Å². The molecule has 2 aromatic heterocycles. The van der Waals surface area contributed by atoms with Crippen LogP contribution in [0, 0.1) is 0 Å². The lowest BCUT2D eigenvalue weighted by Gasteiger charge is -2.52. The summed E-state index contributed by atoms with van der Waals surface area (Å²) < 4.78 is 5.25. The van der Waals surface area contributed by atoms with Crippen LogP contribution in [-0.4, -0.2) is 33.6 Å². The lowest BCUT2D eigenvalue weighted by molar-refractivity contribution is 0.195. The number of rotatable bonds is 5. The van der Waals surface area contributed by atoms with Crippen LogP contribution in [0.1, 0.15) is 301 Å². The van der Waals surface area contributed by atoms with Gasteiger partial charge in [0.05, 0.1) is 27.8 Å². The highest BCUT2D eigenvalue weighted by Gasteiger charge is 2.63. The second-order valence-corrected chi connectivity index (χ2v) is 49.6. The van der Waals surface area contributed by atoms with Gasteiger partial charge < -0.3 is 29.2 Å². The first-order chi connectivity index (χ1) is 60.4. The van der Waals surface area contributed by atoms with Gasteiger partial charge in [-0.1, -0.05) is 326 Å². The molecule has 14 aromatic rings. The van der Waals surface area contributed by atoms with Crippen molar-refractivity contribution in [2.45, 2.75) is 310 Å². The minimum absolute atomic E-state index is 0.0102. The smallest absolute Gasteiger partial charge is 0.252 e. The summed E-state index contributed by atoms with van der Waals surface area (Å²) in [6, 6.07) is 85.2. The molecule has 6 nitrogen and oxygen atoms in total. The molecule has 8 heterocycles. The summed E-state index contributed by atoms with van der Waals surface area (Å²) in [5.74, 6) is 0. The number of hydrogen-bond donors (Lipinski definition) is 1. The molecule has 2 fully saturated rings. The normalized spacial score (nSPS) is 19.9. The zero-order valence-corrected chi connectivity index (χ0v) is 83.5. The first-order valence-electron chi connectivity index (χ1n) is 48.6. The fourth-order valence-corrected chi connectivity index (χ4v) is 24.7. The minimum atomic E-state index is -0.0716. The van der Waals surface area contributed by atoms with Crippen molar-refractivity contribution in [1.29, 1.82) is 0 Å². The zero-order valence-electron chi connectivity index (χ0n) is 82.7. The summed E-state index contributed by atoms with van der Waals surface area (Å²) >= 11 is 7.16. The van der Waals surface area contributed by atoms with Crippen LogP contribution in [-0.2, 0) is 54.1 Å². The van der Waals surface area contributed by atoms with E-state index in [0.717, 1.165) is 16.4 Å². The van der Waals surface area contributed by atoms with Crippen molar-refractivity contribution in [2.24, 2.45) is 0 Å². The molecule has 1 N–H and O–H groups in total. The molecule has 22 rings (SSSR count). The maximum Gasteiger partial charge on any atom is 0.252 e. The maximum absolute atomic E-state index is 7.16. The number of para-hydroxylation sites is 2. The van der Waals surface area contributed by atoms with Crippen molar-refractivity contribution >= 4 is 153 Å². The van der Waals surface area contributed by atoms with Crippen LogP contribution in [0.4, 0.5) is 51.2 Å². The number of fused-ring (bicyclic) bond motifs is 20. The van der Waals surface area contributed by atoms with Crippen LogP contribution in [0.15, 0.2) is 218 Å². The zero-order chi connectivity index (χ0) is 91.6. The highest BCUT2D eigenvalue weighted by molar-refractivity contribution is 7.01. The fraction of sp³-hybridized carbons (Fsp3) is 0.400. The third-order valence-corrected chi connectivity index (χ3v) is 32.8. The van der Waals surface area contributed by atoms with Crippen LogP contribution in [0.5, 0.6) is 0 Å². The van der Waals surface area contributed by atoms with Crippen molar-refractivity contribution in [3.63, 3.8) is 0 Å². The van der Waals surface area contributed by atoms with E-state index in [2.05, 4.69) is 441 Å². The highest BCUT2D eigenvalue weighted by atomic mass is 35.5. The summed E-state index contributed by atoms with van der Waals surface area (Å²) in [5, 5.41) is 9.71. The molecule has 2 saturated carbocycles. The number of nitrogens with zero attached hydrogens (tertiary/aromatic N) is 5. The third kappa shape index (κ3) is 13.4. The predicted molar refractivity (Wildman–Crippen MR) is 562 cm³/mol. The Kier molecular flexibility index (Phi) is 19.5. The molecule has 0 radical (unpaired) electrons. The molecular formula is C120H137B2ClN6. The molecule has 6 aliphatic heterocycles. The topological polar surface area (TPSA) is 31.6 Å². The molecular weight excluding hydrogens is 1580 g/mol. The molecule has 129 heavy (non-hydrogen) atoms. The number of anilines is 9. The van der Waals surface area contributed by atoms with Crippen molar-refractivity contribution in [2.75, 3.05) is 20.0 Å². The summed E-state index contributed by atoms with van der Waals surface area (Å²) in [6.07, 6.45) is 9.90. The Balaban J connectivity index is 0.000000138. The summed E-state index contributed by atoms with van der Waals surface area (Å²) in [7, 11) is 0. The monoisotopic (exact) mass is 1720 g/mol. The Labute approximate surface area is 777 Å². The molecule has 0 saturated heterocycles. The Morgan fingerprint density at radius 3 is 0.977 bits per heavy atom. The van der Waals surface area contributed by atoms with E-state index in [1.807, 2.05) is 0 Å². The molecule has 12 aromatic carbocycles. The highest BCUT2D eigenvalue weighted by Crippen LogP contribution is 2.64. The number of benzene rings is 12. The number of nitrogens with one attached hydrogen (secondary N) is 1. The van der Waals surface area contributed by atoms with Gasteiger partial charge in [-0.2, -0.15) is 0 Å². The first kappa shape index (κ1) is 86.9. The van der Waals surface area contributed by atoms with E-state index in [0.29, 0.717) is 0 Å². The Morgan fingerprint density at radius 1 is 0.302 bits per heavy atom. The van der Waals surface area contributed by atoms with Gasteiger partial charge in [0.25, 0.3) is 13.4 Å². The number of aromatic nitrogens is 2. The molecule has 660 valence electrons. The molecule has 0 spiro atoms. The lowest BCUT2D eigenvalue weighted by atomic mass is 9.33. The molecule has 0 bridgehead atoms. The van der Waals surface area contributed by atoms with Gasteiger partial charge in [0.1, 0.15) is 0 Å². The molecule has 4 atom stereocenters. The molecule has 0 amide bonds. The van der Waals surface area contributed by atoms with E-state index in [4.69, 9.17) is 11.6 Å². The van der Waals surface area contributed by atoms with E-state index in [-0.39, 0.29) is 78.7 Å². The standard InChI is InChI=1S/C60H68BN3.C40H42BClN2.C20H27N/c1-55(2,3)37-20-25-41(26-21-37)62(42-27-22-38(23-28-42)56(4,5)6)43-35-50-52-51(36-43)64-54-46(59(13)30-15-16-31-60(59,64)14)18-17-19-47(54)61(52)48-34-40(58(10,11)12)33-45-44-32-39(57(7,8)9)24-29-49(44)63(50)53(45)48;1-37(2,3)23-14-15-31-26(18-23)27-19-24(38(4,5)6)20-30-35(27)43(31)32-21-25(42)22-33-34(32)41(30)29-13-11-12-28-36(29)44(33)40(8)17-10-9-16-39(28,40)7;1-19(2,3)15-7-11-17(12-8-15)21-18-13-9-16(10-14-18)20(4,5)6/h17-29,32-36H,15-16,30-31H2,1-14H3;11-15,18-22H,9-10,16-17H2,1-8H3;7-14,21H,1-6H3. The quantitative estimate of drug-likeness (QED) is 0.174. The predicted octanol–water partition coefficient (Wildman–Crippen LogP) is 29.3. The number of halogens is 1. The van der Waals surface area contributed by atoms with E-state index >= 15 is 0 Å². The van der Waals surface area contributed by atoms with Gasteiger partial charge >= 0.3 is 0 Å². The SMILES string of the molecule is CC(C)(C)c1ccc(N(c2ccc(C(C)(C)C)cc2)c2cc3c4c(c2)-n2c5ccc(C(C)(C)C)cc5c5cc(C(C)(C)C)cc(c52)B4c2cccc4c2N3C2(C)CCCCC42C)cc1.CC(C)(C)c1ccc(Nc2ccc(C(C)(C)C)cc2)cc1.CC(C)(C)c1ccc2c(c1)c1cc(C(C)(C)C)cc3c1n2-c1cc(Cl)cc2c1B3c1cccc3c1N2C1(C)CCCCC31C. The molecule has 4 unspecified atom stereocenters. The van der Waals surface area contributed by atoms with Gasteiger partial charge in [-0.3, -0.25) is 0 Å². The average molecular weight is 1720 g/mol.